The predicted molar refractivity (Wildman–Crippen MR) is 101 cm³/mol. The number of amides is 1. The van der Waals surface area contributed by atoms with Crippen LogP contribution in [-0.2, 0) is 11.2 Å². The molecule has 0 aliphatic heterocycles. The number of carboxylic acids is 1. The lowest BCUT2D eigenvalue weighted by atomic mass is 10.0. The zero-order chi connectivity index (χ0) is 18.7. The Hall–Kier alpha value is -3.05. The predicted octanol–water partition coefficient (Wildman–Crippen LogP) is 4.47. The average molecular weight is 370 g/mol. The van der Waals surface area contributed by atoms with Gasteiger partial charge in [0.05, 0.1) is 16.3 Å². The molecule has 0 aromatic heterocycles. The molecule has 0 aliphatic rings. The van der Waals surface area contributed by atoms with Gasteiger partial charge in [0.2, 0.25) is 5.91 Å². The Morgan fingerprint density at radius 3 is 2.58 bits per heavy atom. The maximum Gasteiger partial charge on any atom is 0.337 e. The quantitative estimate of drug-likeness (QED) is 0.619. The molecule has 0 unspecified atom stereocenters. The van der Waals surface area contributed by atoms with Crippen molar-refractivity contribution in [1.29, 1.82) is 0 Å². The van der Waals surface area contributed by atoms with Crippen molar-refractivity contribution < 1.29 is 19.8 Å². The number of fused-ring (bicyclic) bond motifs is 1. The maximum atomic E-state index is 12.2. The number of carbonyl (C=O) groups is 2. The Kier molecular flexibility index (Phi) is 5.09. The summed E-state index contributed by atoms with van der Waals surface area (Å²) in [5, 5.41) is 23.5. The van der Waals surface area contributed by atoms with Crippen LogP contribution >= 0.6 is 11.6 Å². The SMILES string of the molecule is O=C(CCc1ccc2c(O)c(Cl)ccc2c1)Nc1ccccc1C(=O)O. The minimum atomic E-state index is -1.09. The van der Waals surface area contributed by atoms with Crippen molar-refractivity contribution in [2.45, 2.75) is 12.8 Å². The number of phenolic OH excluding ortho intramolecular Hbond substituents is 1. The third-order valence-corrected chi connectivity index (χ3v) is 4.38. The summed E-state index contributed by atoms with van der Waals surface area (Å²) in [6, 6.07) is 15.2. The molecule has 3 rings (SSSR count). The molecule has 3 aromatic rings. The molecule has 0 bridgehead atoms. The van der Waals surface area contributed by atoms with Gasteiger partial charge in [-0.25, -0.2) is 4.79 Å². The van der Waals surface area contributed by atoms with E-state index in [9.17, 15) is 14.7 Å². The maximum absolute atomic E-state index is 12.2. The number of para-hydroxylation sites is 1. The molecule has 6 heteroatoms. The first kappa shape index (κ1) is 17.8. The van der Waals surface area contributed by atoms with Crippen LogP contribution in [0.5, 0.6) is 5.75 Å². The lowest BCUT2D eigenvalue weighted by Gasteiger charge is -2.09. The second-order valence-corrected chi connectivity index (χ2v) is 6.26. The van der Waals surface area contributed by atoms with Crippen LogP contribution in [0.3, 0.4) is 0 Å². The molecule has 3 aromatic carbocycles. The number of anilines is 1. The first-order chi connectivity index (χ1) is 12.5. The van der Waals surface area contributed by atoms with Crippen molar-refractivity contribution in [3.63, 3.8) is 0 Å². The Bertz CT molecular complexity index is 1000. The van der Waals surface area contributed by atoms with Crippen LogP contribution in [0.4, 0.5) is 5.69 Å². The molecule has 0 atom stereocenters. The first-order valence-electron chi connectivity index (χ1n) is 7.98. The third-order valence-electron chi connectivity index (χ3n) is 4.08. The molecule has 0 spiro atoms. The van der Waals surface area contributed by atoms with Gasteiger partial charge in [0.15, 0.2) is 0 Å². The number of phenols is 1. The van der Waals surface area contributed by atoms with E-state index >= 15 is 0 Å². The van der Waals surface area contributed by atoms with Gasteiger partial charge in [-0.15, -0.1) is 0 Å². The van der Waals surface area contributed by atoms with Crippen molar-refractivity contribution in [3.05, 3.63) is 70.7 Å². The smallest absolute Gasteiger partial charge is 0.337 e. The number of hydrogen-bond donors (Lipinski definition) is 3. The number of rotatable bonds is 5. The van der Waals surface area contributed by atoms with Crippen molar-refractivity contribution >= 4 is 39.9 Å². The largest absolute Gasteiger partial charge is 0.506 e. The number of carbonyl (C=O) groups excluding carboxylic acids is 1. The van der Waals surface area contributed by atoms with Crippen LogP contribution in [0.1, 0.15) is 22.3 Å². The van der Waals surface area contributed by atoms with Gasteiger partial charge in [-0.1, -0.05) is 48.0 Å². The van der Waals surface area contributed by atoms with Crippen molar-refractivity contribution in [3.8, 4) is 5.75 Å². The van der Waals surface area contributed by atoms with Gasteiger partial charge < -0.3 is 15.5 Å². The van der Waals surface area contributed by atoms with Crippen LogP contribution in [0.15, 0.2) is 54.6 Å². The van der Waals surface area contributed by atoms with E-state index in [1.54, 1.807) is 30.3 Å². The van der Waals surface area contributed by atoms with Crippen LogP contribution in [0.2, 0.25) is 5.02 Å². The molecule has 0 saturated carbocycles. The number of aryl methyl sites for hydroxylation is 1. The summed E-state index contributed by atoms with van der Waals surface area (Å²) in [5.74, 6) is -1.31. The molecule has 0 saturated heterocycles. The van der Waals surface area contributed by atoms with E-state index in [0.717, 1.165) is 10.9 Å². The molecule has 5 nitrogen and oxygen atoms in total. The summed E-state index contributed by atoms with van der Waals surface area (Å²) in [6.45, 7) is 0. The average Bonchev–Trinajstić information content (AvgIpc) is 2.63. The van der Waals surface area contributed by atoms with Crippen LogP contribution in [-0.4, -0.2) is 22.1 Å². The van der Waals surface area contributed by atoms with Gasteiger partial charge >= 0.3 is 5.97 Å². The molecule has 26 heavy (non-hydrogen) atoms. The summed E-state index contributed by atoms with van der Waals surface area (Å²) in [6.07, 6.45) is 0.694. The van der Waals surface area contributed by atoms with Crippen LogP contribution < -0.4 is 5.32 Å². The van der Waals surface area contributed by atoms with E-state index in [-0.39, 0.29) is 29.3 Å². The minimum Gasteiger partial charge on any atom is -0.506 e. The number of aromatic hydroxyl groups is 1. The van der Waals surface area contributed by atoms with Crippen molar-refractivity contribution in [2.75, 3.05) is 5.32 Å². The van der Waals surface area contributed by atoms with E-state index in [1.807, 2.05) is 18.2 Å². The summed E-state index contributed by atoms with van der Waals surface area (Å²) in [5.41, 5.74) is 1.27. The zero-order valence-electron chi connectivity index (χ0n) is 13.7. The van der Waals surface area contributed by atoms with Gasteiger partial charge in [-0.2, -0.15) is 0 Å². The molecule has 0 aliphatic carbocycles. The highest BCUT2D eigenvalue weighted by molar-refractivity contribution is 6.33. The molecule has 132 valence electrons. The lowest BCUT2D eigenvalue weighted by molar-refractivity contribution is -0.116. The summed E-state index contributed by atoms with van der Waals surface area (Å²) in [4.78, 5) is 23.3. The number of nitrogens with one attached hydrogen (secondary N) is 1. The van der Waals surface area contributed by atoms with Crippen LogP contribution in [0.25, 0.3) is 10.8 Å². The number of benzene rings is 3. The topological polar surface area (TPSA) is 86.6 Å². The Morgan fingerprint density at radius 1 is 1.04 bits per heavy atom. The Morgan fingerprint density at radius 2 is 1.81 bits per heavy atom. The van der Waals surface area contributed by atoms with Gasteiger partial charge in [0.1, 0.15) is 5.75 Å². The van der Waals surface area contributed by atoms with Gasteiger partial charge in [-0.05, 0) is 35.6 Å². The molecule has 1 amide bonds. The molecule has 3 N–H and O–H groups in total. The highest BCUT2D eigenvalue weighted by atomic mass is 35.5. The van der Waals surface area contributed by atoms with Crippen molar-refractivity contribution in [1.82, 2.24) is 0 Å². The summed E-state index contributed by atoms with van der Waals surface area (Å²) in [7, 11) is 0. The molecule has 0 fully saturated rings. The number of halogens is 1. The fraction of sp³-hybridized carbons (Fsp3) is 0.100. The normalized spacial score (nSPS) is 10.7. The summed E-state index contributed by atoms with van der Waals surface area (Å²) < 4.78 is 0. The number of aromatic carboxylic acids is 1. The minimum absolute atomic E-state index is 0.0405. The molecule has 0 radical (unpaired) electrons. The van der Waals surface area contributed by atoms with E-state index < -0.39 is 5.97 Å². The monoisotopic (exact) mass is 369 g/mol. The van der Waals surface area contributed by atoms with E-state index in [1.165, 1.54) is 6.07 Å². The molecular formula is C20H16ClNO4. The third kappa shape index (κ3) is 3.78. The van der Waals surface area contributed by atoms with Gasteiger partial charge in [-0.3, -0.25) is 4.79 Å². The van der Waals surface area contributed by atoms with Gasteiger partial charge in [0, 0.05) is 11.8 Å². The van der Waals surface area contributed by atoms with Crippen LogP contribution in [0, 0.1) is 0 Å². The highest BCUT2D eigenvalue weighted by Crippen LogP contribution is 2.32. The van der Waals surface area contributed by atoms with Gasteiger partial charge in [0.25, 0.3) is 0 Å². The second kappa shape index (κ2) is 7.45. The second-order valence-electron chi connectivity index (χ2n) is 5.85. The van der Waals surface area contributed by atoms with E-state index in [0.29, 0.717) is 16.8 Å². The first-order valence-corrected chi connectivity index (χ1v) is 8.36. The fourth-order valence-electron chi connectivity index (χ4n) is 2.74. The number of carboxylic acid groups (broad SMARTS) is 1. The lowest BCUT2D eigenvalue weighted by Crippen LogP contribution is -2.15. The summed E-state index contributed by atoms with van der Waals surface area (Å²) >= 11 is 5.90. The Labute approximate surface area is 154 Å². The molecular weight excluding hydrogens is 354 g/mol. The zero-order valence-corrected chi connectivity index (χ0v) is 14.5. The standard InChI is InChI=1S/C20H16ClNO4/c21-16-9-7-13-11-12(5-8-14(13)19(16)24)6-10-18(23)22-17-4-2-1-3-15(17)20(25)26/h1-5,7-9,11,24H,6,10H2,(H,22,23)(H,25,26). The fourth-order valence-corrected chi connectivity index (χ4v) is 2.91. The number of hydrogen-bond acceptors (Lipinski definition) is 3. The molecule has 0 heterocycles. The van der Waals surface area contributed by atoms with E-state index in [4.69, 9.17) is 16.7 Å². The van der Waals surface area contributed by atoms with Crippen molar-refractivity contribution in [2.24, 2.45) is 0 Å². The van der Waals surface area contributed by atoms with E-state index in [2.05, 4.69) is 5.32 Å². The Balaban J connectivity index is 1.69. The highest BCUT2D eigenvalue weighted by Gasteiger charge is 2.12.